The molecular formula is C22H28N2O4. The van der Waals surface area contributed by atoms with Crippen LogP contribution in [0.2, 0.25) is 0 Å². The Hall–Kier alpha value is -3.02. The molecular weight excluding hydrogens is 356 g/mol. The van der Waals surface area contributed by atoms with Crippen LogP contribution in [0.1, 0.15) is 37.4 Å². The molecule has 0 radical (unpaired) electrons. The summed E-state index contributed by atoms with van der Waals surface area (Å²) in [6.07, 6.45) is 0.532. The van der Waals surface area contributed by atoms with Crippen molar-refractivity contribution in [1.82, 2.24) is 10.6 Å². The largest absolute Gasteiger partial charge is 0.493 e. The summed E-state index contributed by atoms with van der Waals surface area (Å²) in [5.41, 5.74) is 1.87. The van der Waals surface area contributed by atoms with E-state index in [2.05, 4.69) is 10.6 Å². The Bertz CT molecular complexity index is 777. The molecule has 0 heterocycles. The van der Waals surface area contributed by atoms with Crippen LogP contribution in [-0.4, -0.2) is 32.1 Å². The van der Waals surface area contributed by atoms with Crippen molar-refractivity contribution in [3.63, 3.8) is 0 Å². The number of rotatable bonds is 10. The molecule has 0 saturated heterocycles. The summed E-state index contributed by atoms with van der Waals surface area (Å²) < 4.78 is 10.9. The van der Waals surface area contributed by atoms with Gasteiger partial charge in [-0.15, -0.1) is 0 Å². The van der Waals surface area contributed by atoms with Crippen LogP contribution in [0.5, 0.6) is 11.5 Å². The summed E-state index contributed by atoms with van der Waals surface area (Å²) in [4.78, 5) is 24.1. The second kappa shape index (κ2) is 11.0. The van der Waals surface area contributed by atoms with Gasteiger partial charge < -0.3 is 20.1 Å². The first-order valence-corrected chi connectivity index (χ1v) is 9.44. The normalized spacial score (nSPS) is 11.4. The lowest BCUT2D eigenvalue weighted by Crippen LogP contribution is -2.32. The Morgan fingerprint density at radius 2 is 1.79 bits per heavy atom. The predicted octanol–water partition coefficient (Wildman–Crippen LogP) is 3.02. The van der Waals surface area contributed by atoms with E-state index in [9.17, 15) is 9.59 Å². The highest BCUT2D eigenvalue weighted by Crippen LogP contribution is 2.30. The highest BCUT2D eigenvalue weighted by Gasteiger charge is 2.13. The molecule has 0 aliphatic rings. The number of carbonyl (C=O) groups excluding carboxylic acids is 2. The van der Waals surface area contributed by atoms with Crippen molar-refractivity contribution in [2.24, 2.45) is 0 Å². The third-order valence-electron chi connectivity index (χ3n) is 4.25. The number of ether oxygens (including phenoxy) is 2. The van der Waals surface area contributed by atoms with Gasteiger partial charge in [0.05, 0.1) is 26.2 Å². The number of methoxy groups -OCH3 is 1. The number of amides is 2. The van der Waals surface area contributed by atoms with Gasteiger partial charge in [0.2, 0.25) is 11.8 Å². The lowest BCUT2D eigenvalue weighted by molar-refractivity contribution is -0.122. The molecule has 2 rings (SSSR count). The van der Waals surface area contributed by atoms with Crippen LogP contribution < -0.4 is 20.1 Å². The fourth-order valence-electron chi connectivity index (χ4n) is 2.78. The van der Waals surface area contributed by atoms with Crippen LogP contribution in [0.25, 0.3) is 0 Å². The zero-order chi connectivity index (χ0) is 20.4. The fraction of sp³-hybridized carbons (Fsp3) is 0.364. The molecule has 2 N–H and O–H groups in total. The standard InChI is InChI=1S/C22H28N2O4/c1-4-28-19-11-10-18(15-20(19)27-3)16(2)24-21(25)12-13-23-22(26)14-17-8-6-5-7-9-17/h5-11,15-16H,4,12-14H2,1-3H3,(H,23,26)(H,24,25). The number of hydrogen-bond acceptors (Lipinski definition) is 4. The van der Waals surface area contributed by atoms with Gasteiger partial charge in [-0.2, -0.15) is 0 Å². The van der Waals surface area contributed by atoms with E-state index in [1.807, 2.05) is 62.4 Å². The smallest absolute Gasteiger partial charge is 0.224 e. The van der Waals surface area contributed by atoms with Crippen molar-refractivity contribution >= 4 is 11.8 Å². The third kappa shape index (κ3) is 6.61. The van der Waals surface area contributed by atoms with Crippen molar-refractivity contribution in [2.75, 3.05) is 20.3 Å². The topological polar surface area (TPSA) is 76.7 Å². The van der Waals surface area contributed by atoms with Gasteiger partial charge in [0, 0.05) is 13.0 Å². The van der Waals surface area contributed by atoms with Gasteiger partial charge in [0.25, 0.3) is 0 Å². The minimum Gasteiger partial charge on any atom is -0.493 e. The van der Waals surface area contributed by atoms with E-state index in [-0.39, 0.29) is 24.3 Å². The summed E-state index contributed by atoms with van der Waals surface area (Å²) in [6, 6.07) is 14.9. The Morgan fingerprint density at radius 3 is 2.46 bits per heavy atom. The van der Waals surface area contributed by atoms with Gasteiger partial charge >= 0.3 is 0 Å². The summed E-state index contributed by atoms with van der Waals surface area (Å²) >= 11 is 0. The Balaban J connectivity index is 1.78. The number of carbonyl (C=O) groups is 2. The first kappa shape index (κ1) is 21.3. The maximum absolute atomic E-state index is 12.2. The van der Waals surface area contributed by atoms with Gasteiger partial charge in [-0.25, -0.2) is 0 Å². The molecule has 2 amide bonds. The molecule has 0 aliphatic carbocycles. The van der Waals surface area contributed by atoms with E-state index >= 15 is 0 Å². The van der Waals surface area contributed by atoms with E-state index in [1.165, 1.54) is 0 Å². The SMILES string of the molecule is CCOc1ccc(C(C)NC(=O)CCNC(=O)Cc2ccccc2)cc1OC. The predicted molar refractivity (Wildman–Crippen MR) is 108 cm³/mol. The van der Waals surface area contributed by atoms with Crippen LogP contribution in [0, 0.1) is 0 Å². The third-order valence-corrected chi connectivity index (χ3v) is 4.25. The van der Waals surface area contributed by atoms with Crippen LogP contribution in [0.15, 0.2) is 48.5 Å². The van der Waals surface area contributed by atoms with Gasteiger partial charge in [-0.05, 0) is 37.1 Å². The maximum atomic E-state index is 12.2. The molecule has 0 bridgehead atoms. The highest BCUT2D eigenvalue weighted by atomic mass is 16.5. The van der Waals surface area contributed by atoms with Gasteiger partial charge in [0.1, 0.15) is 0 Å². The quantitative estimate of drug-likeness (QED) is 0.660. The van der Waals surface area contributed by atoms with Gasteiger partial charge in [-0.1, -0.05) is 36.4 Å². The van der Waals surface area contributed by atoms with Crippen molar-refractivity contribution in [1.29, 1.82) is 0 Å². The molecule has 0 aromatic heterocycles. The maximum Gasteiger partial charge on any atom is 0.224 e. The summed E-state index contributed by atoms with van der Waals surface area (Å²) in [7, 11) is 1.59. The molecule has 6 heteroatoms. The molecule has 0 saturated carbocycles. The number of benzene rings is 2. The van der Waals surface area contributed by atoms with Crippen LogP contribution in [0.4, 0.5) is 0 Å². The zero-order valence-electron chi connectivity index (χ0n) is 16.7. The average Bonchev–Trinajstić information content (AvgIpc) is 2.69. The van der Waals surface area contributed by atoms with Crippen LogP contribution >= 0.6 is 0 Å². The Morgan fingerprint density at radius 1 is 1.04 bits per heavy atom. The lowest BCUT2D eigenvalue weighted by atomic mass is 10.1. The molecule has 1 unspecified atom stereocenters. The molecule has 0 fully saturated rings. The van der Waals surface area contributed by atoms with E-state index < -0.39 is 0 Å². The van der Waals surface area contributed by atoms with Crippen LogP contribution in [-0.2, 0) is 16.0 Å². The first-order valence-electron chi connectivity index (χ1n) is 9.44. The molecule has 0 aliphatic heterocycles. The number of nitrogens with one attached hydrogen (secondary N) is 2. The Labute approximate surface area is 166 Å². The minimum atomic E-state index is -0.183. The van der Waals surface area contributed by atoms with E-state index in [0.717, 1.165) is 11.1 Å². The van der Waals surface area contributed by atoms with Crippen molar-refractivity contribution < 1.29 is 19.1 Å². The highest BCUT2D eigenvalue weighted by molar-refractivity contribution is 5.80. The van der Waals surface area contributed by atoms with E-state index in [1.54, 1.807) is 7.11 Å². The average molecular weight is 384 g/mol. The fourth-order valence-corrected chi connectivity index (χ4v) is 2.78. The van der Waals surface area contributed by atoms with Crippen LogP contribution in [0.3, 0.4) is 0 Å². The molecule has 2 aromatic rings. The molecule has 6 nitrogen and oxygen atoms in total. The second-order valence-electron chi connectivity index (χ2n) is 6.39. The second-order valence-corrected chi connectivity index (χ2v) is 6.39. The van der Waals surface area contributed by atoms with Crippen molar-refractivity contribution in [3.05, 3.63) is 59.7 Å². The molecule has 150 valence electrons. The monoisotopic (exact) mass is 384 g/mol. The van der Waals surface area contributed by atoms with Crippen molar-refractivity contribution in [3.8, 4) is 11.5 Å². The first-order chi connectivity index (χ1) is 13.5. The zero-order valence-corrected chi connectivity index (χ0v) is 16.7. The summed E-state index contributed by atoms with van der Waals surface area (Å²) in [5, 5.41) is 5.71. The summed E-state index contributed by atoms with van der Waals surface area (Å²) in [5.74, 6) is 1.09. The number of hydrogen-bond donors (Lipinski definition) is 2. The lowest BCUT2D eigenvalue weighted by Gasteiger charge is -2.17. The Kier molecular flexibility index (Phi) is 8.34. The van der Waals surface area contributed by atoms with Gasteiger partial charge in [0.15, 0.2) is 11.5 Å². The van der Waals surface area contributed by atoms with Crippen molar-refractivity contribution in [2.45, 2.75) is 32.7 Å². The molecule has 2 aromatic carbocycles. The minimum absolute atomic E-state index is 0.0942. The molecule has 0 spiro atoms. The molecule has 1 atom stereocenters. The van der Waals surface area contributed by atoms with E-state index in [4.69, 9.17) is 9.47 Å². The summed E-state index contributed by atoms with van der Waals surface area (Å²) in [6.45, 7) is 4.67. The molecule has 28 heavy (non-hydrogen) atoms. The van der Waals surface area contributed by atoms with Gasteiger partial charge in [-0.3, -0.25) is 9.59 Å². The van der Waals surface area contributed by atoms with E-state index in [0.29, 0.717) is 31.1 Å².